The molecule has 0 amide bonds. The summed E-state index contributed by atoms with van der Waals surface area (Å²) in [6.07, 6.45) is 8.93. The van der Waals surface area contributed by atoms with Gasteiger partial charge in [0.05, 0.1) is 0 Å². The second-order valence-corrected chi connectivity index (χ2v) is 6.16. The average molecular weight is 280 g/mol. The zero-order valence-electron chi connectivity index (χ0n) is 13.0. The summed E-state index contributed by atoms with van der Waals surface area (Å²) in [5.41, 5.74) is 5.65. The molecule has 2 heteroatoms. The van der Waals surface area contributed by atoms with E-state index in [2.05, 4.69) is 54.6 Å². The highest BCUT2D eigenvalue weighted by Gasteiger charge is 2.23. The number of nitrogens with one attached hydrogen (secondary N) is 1. The molecule has 2 atom stereocenters. The van der Waals surface area contributed by atoms with Gasteiger partial charge in [0.2, 0.25) is 0 Å². The summed E-state index contributed by atoms with van der Waals surface area (Å²) in [6.45, 7) is 2.11. The zero-order chi connectivity index (χ0) is 14.7. The van der Waals surface area contributed by atoms with Crippen LogP contribution < -0.4 is 5.32 Å². The highest BCUT2D eigenvalue weighted by Crippen LogP contribution is 2.37. The van der Waals surface area contributed by atoms with Crippen LogP contribution in [-0.4, -0.2) is 12.0 Å². The van der Waals surface area contributed by atoms with Crippen LogP contribution in [0.15, 0.2) is 42.7 Å². The van der Waals surface area contributed by atoms with Gasteiger partial charge < -0.3 is 5.32 Å². The van der Waals surface area contributed by atoms with Crippen molar-refractivity contribution in [3.05, 3.63) is 65.0 Å². The molecule has 2 aromatic rings. The van der Waals surface area contributed by atoms with Gasteiger partial charge in [0.25, 0.3) is 0 Å². The Morgan fingerprint density at radius 3 is 2.95 bits per heavy atom. The lowest BCUT2D eigenvalue weighted by Gasteiger charge is -2.29. The molecule has 1 aromatic heterocycles. The molecule has 21 heavy (non-hydrogen) atoms. The van der Waals surface area contributed by atoms with E-state index in [1.165, 1.54) is 30.4 Å². The topological polar surface area (TPSA) is 24.9 Å². The van der Waals surface area contributed by atoms with Gasteiger partial charge in [-0.05, 0) is 67.8 Å². The summed E-state index contributed by atoms with van der Waals surface area (Å²) in [4.78, 5) is 4.35. The lowest BCUT2D eigenvalue weighted by atomic mass is 9.79. The lowest BCUT2D eigenvalue weighted by Crippen LogP contribution is -2.21. The van der Waals surface area contributed by atoms with Crippen molar-refractivity contribution in [3.8, 4) is 0 Å². The number of hydrogen-bond donors (Lipinski definition) is 1. The fraction of sp³-hybridized carbons (Fsp3) is 0.421. The Hall–Kier alpha value is -1.67. The van der Waals surface area contributed by atoms with Crippen LogP contribution in [0.5, 0.6) is 0 Å². The Balaban J connectivity index is 1.82. The SMILES string of the molecule is CNC(CC1CCCc2ccccc21)c1cncc(C)c1. The predicted molar refractivity (Wildman–Crippen MR) is 87.5 cm³/mol. The van der Waals surface area contributed by atoms with Crippen molar-refractivity contribution < 1.29 is 0 Å². The van der Waals surface area contributed by atoms with Crippen molar-refractivity contribution in [2.24, 2.45) is 0 Å². The molecule has 0 saturated carbocycles. The second-order valence-electron chi connectivity index (χ2n) is 6.16. The van der Waals surface area contributed by atoms with E-state index >= 15 is 0 Å². The number of fused-ring (bicyclic) bond motifs is 1. The Bertz CT molecular complexity index is 606. The summed E-state index contributed by atoms with van der Waals surface area (Å²) in [5.74, 6) is 0.660. The molecular formula is C19H24N2. The Labute approximate surface area is 127 Å². The standard InChI is InChI=1S/C19H24N2/c1-14-10-17(13-21-12-14)19(20-2)11-16-8-5-7-15-6-3-4-9-18(15)16/h3-4,6,9-10,12-13,16,19-20H,5,7-8,11H2,1-2H3. The van der Waals surface area contributed by atoms with Crippen LogP contribution in [-0.2, 0) is 6.42 Å². The Morgan fingerprint density at radius 2 is 2.14 bits per heavy atom. The van der Waals surface area contributed by atoms with Gasteiger partial charge in [-0.3, -0.25) is 4.98 Å². The van der Waals surface area contributed by atoms with Gasteiger partial charge >= 0.3 is 0 Å². The molecule has 2 nitrogen and oxygen atoms in total. The van der Waals surface area contributed by atoms with E-state index < -0.39 is 0 Å². The van der Waals surface area contributed by atoms with Crippen molar-refractivity contribution in [2.75, 3.05) is 7.05 Å². The molecule has 2 unspecified atom stereocenters. The van der Waals surface area contributed by atoms with Gasteiger partial charge in [0, 0.05) is 18.4 Å². The van der Waals surface area contributed by atoms with Crippen LogP contribution in [0.3, 0.4) is 0 Å². The molecule has 0 fully saturated rings. The van der Waals surface area contributed by atoms with Crippen molar-refractivity contribution >= 4 is 0 Å². The van der Waals surface area contributed by atoms with Crippen molar-refractivity contribution in [3.63, 3.8) is 0 Å². The third-order valence-corrected chi connectivity index (χ3v) is 4.66. The van der Waals surface area contributed by atoms with Crippen LogP contribution in [0.1, 0.15) is 53.5 Å². The van der Waals surface area contributed by atoms with Crippen molar-refractivity contribution in [1.82, 2.24) is 10.3 Å². The van der Waals surface area contributed by atoms with Gasteiger partial charge in [-0.1, -0.05) is 30.3 Å². The number of benzene rings is 1. The summed E-state index contributed by atoms with van der Waals surface area (Å²) >= 11 is 0. The fourth-order valence-electron chi connectivity index (χ4n) is 3.57. The molecule has 3 rings (SSSR count). The maximum absolute atomic E-state index is 4.35. The molecule has 1 N–H and O–H groups in total. The van der Waals surface area contributed by atoms with E-state index in [9.17, 15) is 0 Å². The van der Waals surface area contributed by atoms with E-state index in [1.54, 1.807) is 11.1 Å². The first-order valence-electron chi connectivity index (χ1n) is 7.94. The van der Waals surface area contributed by atoms with Gasteiger partial charge in [-0.15, -0.1) is 0 Å². The van der Waals surface area contributed by atoms with Gasteiger partial charge in [0.1, 0.15) is 0 Å². The molecule has 0 spiro atoms. The minimum Gasteiger partial charge on any atom is -0.313 e. The molecule has 0 saturated heterocycles. The van der Waals surface area contributed by atoms with Gasteiger partial charge in [-0.25, -0.2) is 0 Å². The first-order chi connectivity index (χ1) is 10.3. The van der Waals surface area contributed by atoms with Crippen LogP contribution >= 0.6 is 0 Å². The minimum atomic E-state index is 0.383. The molecule has 0 bridgehead atoms. The number of nitrogens with zero attached hydrogens (tertiary/aromatic N) is 1. The summed E-state index contributed by atoms with van der Waals surface area (Å²) in [7, 11) is 2.06. The third-order valence-electron chi connectivity index (χ3n) is 4.66. The van der Waals surface area contributed by atoms with Crippen LogP contribution in [0.4, 0.5) is 0 Å². The van der Waals surface area contributed by atoms with Crippen LogP contribution in [0.25, 0.3) is 0 Å². The molecule has 110 valence electrons. The van der Waals surface area contributed by atoms with Crippen LogP contribution in [0, 0.1) is 6.92 Å². The van der Waals surface area contributed by atoms with Gasteiger partial charge in [0.15, 0.2) is 0 Å². The Kier molecular flexibility index (Phi) is 4.35. The highest BCUT2D eigenvalue weighted by atomic mass is 14.9. The second kappa shape index (κ2) is 6.40. The summed E-state index contributed by atoms with van der Waals surface area (Å²) in [5, 5.41) is 3.48. The smallest absolute Gasteiger partial charge is 0.0338 e. The van der Waals surface area contributed by atoms with E-state index in [1.807, 2.05) is 12.4 Å². The molecule has 1 heterocycles. The average Bonchev–Trinajstić information content (AvgIpc) is 2.52. The molecular weight excluding hydrogens is 256 g/mol. The summed E-state index contributed by atoms with van der Waals surface area (Å²) < 4.78 is 0. The molecule has 0 radical (unpaired) electrons. The number of pyridine rings is 1. The highest BCUT2D eigenvalue weighted by molar-refractivity contribution is 5.33. The molecule has 0 aliphatic heterocycles. The Morgan fingerprint density at radius 1 is 1.29 bits per heavy atom. The predicted octanol–water partition coefficient (Wildman–Crippen LogP) is 4.16. The number of aryl methyl sites for hydroxylation is 2. The fourth-order valence-corrected chi connectivity index (χ4v) is 3.57. The normalized spacial score (nSPS) is 19.0. The maximum atomic E-state index is 4.35. The number of rotatable bonds is 4. The number of aromatic nitrogens is 1. The first-order valence-corrected chi connectivity index (χ1v) is 7.94. The maximum Gasteiger partial charge on any atom is 0.0338 e. The van der Waals surface area contributed by atoms with Crippen molar-refractivity contribution in [1.29, 1.82) is 0 Å². The lowest BCUT2D eigenvalue weighted by molar-refractivity contribution is 0.439. The van der Waals surface area contributed by atoms with E-state index in [4.69, 9.17) is 0 Å². The quantitative estimate of drug-likeness (QED) is 0.909. The largest absolute Gasteiger partial charge is 0.313 e. The minimum absolute atomic E-state index is 0.383. The molecule has 1 aromatic carbocycles. The first kappa shape index (κ1) is 14.3. The monoisotopic (exact) mass is 280 g/mol. The number of hydrogen-bond acceptors (Lipinski definition) is 2. The zero-order valence-corrected chi connectivity index (χ0v) is 13.0. The van der Waals surface area contributed by atoms with E-state index in [-0.39, 0.29) is 0 Å². The van der Waals surface area contributed by atoms with Crippen molar-refractivity contribution in [2.45, 2.75) is 44.6 Å². The van der Waals surface area contributed by atoms with E-state index in [0.29, 0.717) is 12.0 Å². The van der Waals surface area contributed by atoms with E-state index in [0.717, 1.165) is 6.42 Å². The molecule has 1 aliphatic carbocycles. The summed E-state index contributed by atoms with van der Waals surface area (Å²) in [6, 6.07) is 11.6. The molecule has 1 aliphatic rings. The van der Waals surface area contributed by atoms with Gasteiger partial charge in [-0.2, -0.15) is 0 Å². The third kappa shape index (κ3) is 3.16. The van der Waals surface area contributed by atoms with Crippen LogP contribution in [0.2, 0.25) is 0 Å².